The molecule has 18 heavy (non-hydrogen) atoms. The van der Waals surface area contributed by atoms with Gasteiger partial charge in [0.2, 0.25) is 0 Å². The first-order valence-corrected chi connectivity index (χ1v) is 6.59. The average Bonchev–Trinajstić information content (AvgIpc) is 2.34. The topological polar surface area (TPSA) is 113 Å². The molecule has 0 aliphatic carbocycles. The molecule has 1 amide bonds. The van der Waals surface area contributed by atoms with Gasteiger partial charge in [0.15, 0.2) is 0 Å². The first-order valence-electron chi connectivity index (χ1n) is 5.15. The maximum atomic E-state index is 11.7. The molecule has 0 aromatic heterocycles. The lowest BCUT2D eigenvalue weighted by atomic mass is 10.1. The van der Waals surface area contributed by atoms with Gasteiger partial charge in [-0.3, -0.25) is 4.79 Å². The number of nitrogens with one attached hydrogen (secondary N) is 1. The number of amides is 1. The summed E-state index contributed by atoms with van der Waals surface area (Å²) in [4.78, 5) is 22.6. The van der Waals surface area contributed by atoms with Gasteiger partial charge in [0.1, 0.15) is 11.1 Å². The lowest BCUT2D eigenvalue weighted by Crippen LogP contribution is -2.48. The number of ether oxygens (including phenoxy) is 1. The third-order valence-corrected chi connectivity index (χ3v) is 3.74. The summed E-state index contributed by atoms with van der Waals surface area (Å²) >= 11 is 0. The number of carboxylic acid groups (broad SMARTS) is 1. The van der Waals surface area contributed by atoms with Crippen molar-refractivity contribution in [1.29, 1.82) is 0 Å². The molecule has 0 aromatic rings. The van der Waals surface area contributed by atoms with E-state index in [1.165, 1.54) is 6.92 Å². The van der Waals surface area contributed by atoms with Crippen LogP contribution < -0.4 is 4.72 Å². The number of carbonyl (C=O) groups excluding carboxylic acids is 1. The van der Waals surface area contributed by atoms with Gasteiger partial charge in [-0.25, -0.2) is 4.79 Å². The van der Waals surface area contributed by atoms with Crippen LogP contribution in [0, 0.1) is 0 Å². The molecule has 1 saturated heterocycles. The third-order valence-electron chi connectivity index (χ3n) is 2.17. The molecule has 0 aromatic carbocycles. The van der Waals surface area contributed by atoms with Gasteiger partial charge in [-0.05, 0) is 27.7 Å². The van der Waals surface area contributed by atoms with Gasteiger partial charge >= 0.3 is 22.3 Å². The van der Waals surface area contributed by atoms with Crippen LogP contribution in [0.4, 0.5) is 4.79 Å². The monoisotopic (exact) mass is 280 g/mol. The summed E-state index contributed by atoms with van der Waals surface area (Å²) in [6.45, 7) is 5.41. The molecule has 0 saturated carbocycles. The van der Waals surface area contributed by atoms with Gasteiger partial charge in [-0.1, -0.05) is 0 Å². The maximum absolute atomic E-state index is 11.7. The van der Waals surface area contributed by atoms with E-state index < -0.39 is 40.0 Å². The molecule has 2 N–H and O–H groups in total. The number of rotatable bonds is 1. The smallest absolute Gasteiger partial charge is 0.425 e. The highest BCUT2D eigenvalue weighted by atomic mass is 32.2. The standard InChI is InChI=1S/C9H16N2O6S/c1-8(2,3)17-7(14)11-5-9(4,6(12)13)10-18(11,15)16/h10H,5H2,1-4H3,(H,12,13). The number of carbonyl (C=O) groups is 2. The Morgan fingerprint density at radius 3 is 2.22 bits per heavy atom. The number of nitrogens with zero attached hydrogens (tertiary/aromatic N) is 1. The zero-order chi connectivity index (χ0) is 14.4. The van der Waals surface area contributed by atoms with Gasteiger partial charge in [0, 0.05) is 0 Å². The van der Waals surface area contributed by atoms with Crippen LogP contribution >= 0.6 is 0 Å². The van der Waals surface area contributed by atoms with Crippen molar-refractivity contribution in [2.75, 3.05) is 6.54 Å². The molecule has 0 radical (unpaired) electrons. The summed E-state index contributed by atoms with van der Waals surface area (Å²) in [5.41, 5.74) is -2.61. The van der Waals surface area contributed by atoms with E-state index in [1.807, 2.05) is 4.72 Å². The predicted octanol–water partition coefficient (Wildman–Crippen LogP) is -0.0852. The van der Waals surface area contributed by atoms with Crippen molar-refractivity contribution in [1.82, 2.24) is 9.03 Å². The van der Waals surface area contributed by atoms with Crippen LogP contribution in [0.15, 0.2) is 0 Å². The van der Waals surface area contributed by atoms with E-state index in [2.05, 4.69) is 0 Å². The molecule has 1 aliphatic heterocycles. The molecule has 1 atom stereocenters. The fourth-order valence-corrected chi connectivity index (χ4v) is 2.82. The first kappa shape index (κ1) is 14.7. The summed E-state index contributed by atoms with van der Waals surface area (Å²) in [6, 6.07) is 0. The van der Waals surface area contributed by atoms with Crippen molar-refractivity contribution >= 4 is 22.3 Å². The molecular formula is C9H16N2O6S. The molecule has 1 heterocycles. The fourth-order valence-electron chi connectivity index (χ4n) is 1.33. The number of aliphatic carboxylic acids is 1. The van der Waals surface area contributed by atoms with E-state index >= 15 is 0 Å². The Morgan fingerprint density at radius 2 is 1.89 bits per heavy atom. The van der Waals surface area contributed by atoms with Crippen molar-refractivity contribution in [2.45, 2.75) is 38.8 Å². The Bertz CT molecular complexity index is 480. The Balaban J connectivity index is 2.98. The number of hydrogen-bond donors (Lipinski definition) is 2. The molecule has 1 fully saturated rings. The lowest BCUT2D eigenvalue weighted by Gasteiger charge is -2.23. The molecule has 1 rings (SSSR count). The Morgan fingerprint density at radius 1 is 1.39 bits per heavy atom. The van der Waals surface area contributed by atoms with Crippen LogP contribution in [-0.4, -0.2) is 47.6 Å². The highest BCUT2D eigenvalue weighted by Crippen LogP contribution is 2.22. The molecule has 104 valence electrons. The Kier molecular flexibility index (Phi) is 3.34. The van der Waals surface area contributed by atoms with Crippen molar-refractivity contribution in [3.8, 4) is 0 Å². The third kappa shape index (κ3) is 2.91. The van der Waals surface area contributed by atoms with E-state index in [4.69, 9.17) is 9.84 Å². The van der Waals surface area contributed by atoms with Crippen molar-refractivity contribution in [3.05, 3.63) is 0 Å². The minimum absolute atomic E-state index is 0.381. The Labute approximate surface area is 105 Å². The number of carboxylic acids is 1. The molecular weight excluding hydrogens is 264 g/mol. The first-order chi connectivity index (χ1) is 7.87. The molecule has 0 bridgehead atoms. The molecule has 8 nitrogen and oxygen atoms in total. The molecule has 1 aliphatic rings. The Hall–Kier alpha value is -1.35. The van der Waals surface area contributed by atoms with Gasteiger partial charge in [0.05, 0.1) is 6.54 Å². The summed E-state index contributed by atoms with van der Waals surface area (Å²) in [5, 5.41) is 8.93. The van der Waals surface area contributed by atoms with Crippen LogP contribution in [0.3, 0.4) is 0 Å². The second-order valence-electron chi connectivity index (χ2n) is 5.23. The molecule has 1 unspecified atom stereocenters. The zero-order valence-corrected chi connectivity index (χ0v) is 11.4. The van der Waals surface area contributed by atoms with Crippen LogP contribution in [0.25, 0.3) is 0 Å². The average molecular weight is 280 g/mol. The van der Waals surface area contributed by atoms with Crippen LogP contribution in [0.5, 0.6) is 0 Å². The minimum atomic E-state index is -4.18. The minimum Gasteiger partial charge on any atom is -0.480 e. The second kappa shape index (κ2) is 4.09. The van der Waals surface area contributed by atoms with Gasteiger partial charge in [-0.2, -0.15) is 17.4 Å². The normalized spacial score (nSPS) is 27.0. The van der Waals surface area contributed by atoms with Gasteiger partial charge in [0.25, 0.3) is 0 Å². The van der Waals surface area contributed by atoms with E-state index in [0.717, 1.165) is 0 Å². The second-order valence-corrected chi connectivity index (χ2v) is 6.83. The predicted molar refractivity (Wildman–Crippen MR) is 61.0 cm³/mol. The quantitative estimate of drug-likeness (QED) is 0.694. The SMILES string of the molecule is CC(C)(C)OC(=O)N1CC(C)(C(=O)O)NS1(=O)=O. The highest BCUT2D eigenvalue weighted by molar-refractivity contribution is 7.88. The maximum Gasteiger partial charge on any atom is 0.425 e. The van der Waals surface area contributed by atoms with E-state index in [1.54, 1.807) is 20.8 Å². The van der Waals surface area contributed by atoms with Crippen molar-refractivity contribution in [2.24, 2.45) is 0 Å². The zero-order valence-electron chi connectivity index (χ0n) is 10.6. The van der Waals surface area contributed by atoms with Gasteiger partial charge < -0.3 is 9.84 Å². The summed E-state index contributed by atoms with van der Waals surface area (Å²) in [6.07, 6.45) is -1.10. The summed E-state index contributed by atoms with van der Waals surface area (Å²) in [7, 11) is -4.18. The van der Waals surface area contributed by atoms with Crippen LogP contribution in [-0.2, 0) is 19.7 Å². The van der Waals surface area contributed by atoms with Crippen molar-refractivity contribution < 1.29 is 27.9 Å². The lowest BCUT2D eigenvalue weighted by molar-refractivity contribution is -0.142. The van der Waals surface area contributed by atoms with Crippen LogP contribution in [0.2, 0.25) is 0 Å². The largest absolute Gasteiger partial charge is 0.480 e. The van der Waals surface area contributed by atoms with Crippen LogP contribution in [0.1, 0.15) is 27.7 Å². The summed E-state index contributed by atoms with van der Waals surface area (Å²) < 4.78 is 30.5. The van der Waals surface area contributed by atoms with E-state index in [-0.39, 0.29) is 0 Å². The van der Waals surface area contributed by atoms with E-state index in [0.29, 0.717) is 4.31 Å². The highest BCUT2D eigenvalue weighted by Gasteiger charge is 2.52. The van der Waals surface area contributed by atoms with Crippen molar-refractivity contribution in [3.63, 3.8) is 0 Å². The molecule has 0 spiro atoms. The van der Waals surface area contributed by atoms with Gasteiger partial charge in [-0.15, -0.1) is 0 Å². The summed E-state index contributed by atoms with van der Waals surface area (Å²) in [5.74, 6) is -1.36. The van der Waals surface area contributed by atoms with E-state index in [9.17, 15) is 18.0 Å². The number of hydrogen-bond acceptors (Lipinski definition) is 5. The fraction of sp³-hybridized carbons (Fsp3) is 0.778. The molecule has 9 heteroatoms.